The second kappa shape index (κ2) is 4.03. The highest BCUT2D eigenvalue weighted by molar-refractivity contribution is 7.17. The highest BCUT2D eigenvalue weighted by Crippen LogP contribution is 2.33. The van der Waals surface area contributed by atoms with Gasteiger partial charge >= 0.3 is 12.1 Å². The van der Waals surface area contributed by atoms with Crippen LogP contribution in [-0.2, 0) is 4.79 Å². The topological polar surface area (TPSA) is 20.3 Å². The SMILES string of the molecule is CN(C(=O)C(F)(F)F)c1csc2ccccc12. The smallest absolute Gasteiger partial charge is 0.306 e. The average molecular weight is 259 g/mol. The molecule has 0 radical (unpaired) electrons. The Labute approximate surface area is 99.3 Å². The quantitative estimate of drug-likeness (QED) is 0.768. The predicted molar refractivity (Wildman–Crippen MR) is 61.3 cm³/mol. The lowest BCUT2D eigenvalue weighted by atomic mass is 10.2. The van der Waals surface area contributed by atoms with E-state index in [9.17, 15) is 18.0 Å². The lowest BCUT2D eigenvalue weighted by Crippen LogP contribution is -2.38. The van der Waals surface area contributed by atoms with Gasteiger partial charge in [-0.2, -0.15) is 13.2 Å². The van der Waals surface area contributed by atoms with Crippen molar-refractivity contribution in [1.82, 2.24) is 0 Å². The minimum Gasteiger partial charge on any atom is -0.306 e. The molecule has 6 heteroatoms. The molecule has 2 nitrogen and oxygen atoms in total. The van der Waals surface area contributed by atoms with Crippen LogP contribution in [0.3, 0.4) is 0 Å². The fraction of sp³-hybridized carbons (Fsp3) is 0.182. The summed E-state index contributed by atoms with van der Waals surface area (Å²) in [4.78, 5) is 11.7. The van der Waals surface area contributed by atoms with Crippen molar-refractivity contribution < 1.29 is 18.0 Å². The number of carbonyl (C=O) groups is 1. The van der Waals surface area contributed by atoms with Gasteiger partial charge in [0.25, 0.3) is 0 Å². The van der Waals surface area contributed by atoms with Crippen LogP contribution >= 0.6 is 11.3 Å². The van der Waals surface area contributed by atoms with Crippen LogP contribution in [0.4, 0.5) is 18.9 Å². The summed E-state index contributed by atoms with van der Waals surface area (Å²) >= 11 is 1.31. The lowest BCUT2D eigenvalue weighted by molar-refractivity contribution is -0.170. The van der Waals surface area contributed by atoms with E-state index >= 15 is 0 Å². The number of fused-ring (bicyclic) bond motifs is 1. The highest BCUT2D eigenvalue weighted by Gasteiger charge is 2.42. The zero-order valence-corrected chi connectivity index (χ0v) is 9.60. The van der Waals surface area contributed by atoms with Gasteiger partial charge in [0, 0.05) is 22.5 Å². The van der Waals surface area contributed by atoms with Crippen molar-refractivity contribution in [3.05, 3.63) is 29.6 Å². The number of alkyl halides is 3. The number of hydrogen-bond acceptors (Lipinski definition) is 2. The van der Waals surface area contributed by atoms with Gasteiger partial charge in [-0.1, -0.05) is 18.2 Å². The van der Waals surface area contributed by atoms with E-state index in [-0.39, 0.29) is 5.69 Å². The van der Waals surface area contributed by atoms with E-state index < -0.39 is 12.1 Å². The molecule has 17 heavy (non-hydrogen) atoms. The monoisotopic (exact) mass is 259 g/mol. The van der Waals surface area contributed by atoms with Gasteiger partial charge in [0.2, 0.25) is 0 Å². The maximum atomic E-state index is 12.3. The molecular formula is C11H8F3NOS. The summed E-state index contributed by atoms with van der Waals surface area (Å²) in [6.07, 6.45) is -4.85. The van der Waals surface area contributed by atoms with Gasteiger partial charge in [0.1, 0.15) is 0 Å². The summed E-state index contributed by atoms with van der Waals surface area (Å²) < 4.78 is 37.8. The van der Waals surface area contributed by atoms with Gasteiger partial charge in [-0.05, 0) is 6.07 Å². The fourth-order valence-electron chi connectivity index (χ4n) is 1.52. The molecule has 0 N–H and O–H groups in total. The molecule has 2 aromatic rings. The Bertz CT molecular complexity index is 561. The van der Waals surface area contributed by atoms with E-state index in [0.29, 0.717) is 10.3 Å². The molecule has 1 aromatic heterocycles. The number of amides is 1. The van der Waals surface area contributed by atoms with Gasteiger partial charge in [-0.15, -0.1) is 11.3 Å². The van der Waals surface area contributed by atoms with Crippen molar-refractivity contribution in [2.24, 2.45) is 0 Å². The second-order valence-corrected chi connectivity index (χ2v) is 4.39. The maximum absolute atomic E-state index is 12.3. The summed E-state index contributed by atoms with van der Waals surface area (Å²) in [7, 11) is 1.13. The van der Waals surface area contributed by atoms with Crippen LogP contribution in [0.1, 0.15) is 0 Å². The zero-order valence-electron chi connectivity index (χ0n) is 8.78. The Morgan fingerprint density at radius 2 is 1.94 bits per heavy atom. The molecule has 0 saturated carbocycles. The first kappa shape index (κ1) is 11.9. The normalized spacial score (nSPS) is 11.8. The Morgan fingerprint density at radius 3 is 2.59 bits per heavy atom. The lowest BCUT2D eigenvalue weighted by Gasteiger charge is -2.17. The molecule has 0 saturated heterocycles. The average Bonchev–Trinajstić information content (AvgIpc) is 2.69. The first-order valence-electron chi connectivity index (χ1n) is 4.72. The Hall–Kier alpha value is -1.56. The van der Waals surface area contributed by atoms with Crippen LogP contribution < -0.4 is 4.90 Å². The summed E-state index contributed by atoms with van der Waals surface area (Å²) in [5.74, 6) is -1.86. The molecule has 0 fully saturated rings. The molecule has 1 amide bonds. The second-order valence-electron chi connectivity index (χ2n) is 3.48. The summed E-state index contributed by atoms with van der Waals surface area (Å²) in [5, 5.41) is 2.20. The molecule has 0 aliphatic rings. The molecule has 0 unspecified atom stereocenters. The number of thiophene rings is 1. The van der Waals surface area contributed by atoms with Gasteiger partial charge in [0.15, 0.2) is 0 Å². The van der Waals surface area contributed by atoms with E-state index in [4.69, 9.17) is 0 Å². The molecule has 0 atom stereocenters. The minimum atomic E-state index is -4.85. The van der Waals surface area contributed by atoms with Crippen LogP contribution in [0.15, 0.2) is 29.6 Å². The van der Waals surface area contributed by atoms with Crippen molar-refractivity contribution in [3.8, 4) is 0 Å². The largest absolute Gasteiger partial charge is 0.471 e. The molecule has 0 aliphatic carbocycles. The highest BCUT2D eigenvalue weighted by atomic mass is 32.1. The molecule has 0 spiro atoms. The summed E-state index contributed by atoms with van der Waals surface area (Å²) in [6, 6.07) is 7.02. The third-order valence-electron chi connectivity index (χ3n) is 2.37. The van der Waals surface area contributed by atoms with E-state index in [1.807, 2.05) is 0 Å². The van der Waals surface area contributed by atoms with Crippen molar-refractivity contribution in [2.45, 2.75) is 6.18 Å². The molecule has 0 bridgehead atoms. The predicted octanol–water partition coefficient (Wildman–Crippen LogP) is 3.43. The number of nitrogens with zero attached hydrogens (tertiary/aromatic N) is 1. The molecule has 90 valence electrons. The number of carbonyl (C=O) groups excluding carboxylic acids is 1. The van der Waals surface area contributed by atoms with Crippen molar-refractivity contribution >= 4 is 33.0 Å². The van der Waals surface area contributed by atoms with E-state index in [1.54, 1.807) is 29.6 Å². The molecular weight excluding hydrogens is 251 g/mol. The van der Waals surface area contributed by atoms with E-state index in [2.05, 4.69) is 0 Å². The van der Waals surface area contributed by atoms with Crippen LogP contribution in [0.25, 0.3) is 10.1 Å². The first-order valence-corrected chi connectivity index (χ1v) is 5.60. The summed E-state index contributed by atoms with van der Waals surface area (Å²) in [5.41, 5.74) is 0.285. The van der Waals surface area contributed by atoms with E-state index in [0.717, 1.165) is 11.7 Å². The Morgan fingerprint density at radius 1 is 1.29 bits per heavy atom. The molecule has 1 aromatic carbocycles. The number of benzene rings is 1. The number of anilines is 1. The Kier molecular flexibility index (Phi) is 2.82. The van der Waals surface area contributed by atoms with Crippen LogP contribution in [0, 0.1) is 0 Å². The maximum Gasteiger partial charge on any atom is 0.471 e. The fourth-order valence-corrected chi connectivity index (χ4v) is 2.50. The van der Waals surface area contributed by atoms with Crippen molar-refractivity contribution in [3.63, 3.8) is 0 Å². The van der Waals surface area contributed by atoms with Gasteiger partial charge in [-0.25, -0.2) is 0 Å². The minimum absolute atomic E-state index is 0.285. The zero-order chi connectivity index (χ0) is 12.6. The summed E-state index contributed by atoms with van der Waals surface area (Å²) in [6.45, 7) is 0. The molecule has 1 heterocycles. The molecule has 0 aliphatic heterocycles. The van der Waals surface area contributed by atoms with Crippen molar-refractivity contribution in [1.29, 1.82) is 0 Å². The van der Waals surface area contributed by atoms with Crippen LogP contribution in [-0.4, -0.2) is 19.1 Å². The first-order chi connectivity index (χ1) is 7.91. The van der Waals surface area contributed by atoms with Gasteiger partial charge in [-0.3, -0.25) is 4.79 Å². The number of halogens is 3. The van der Waals surface area contributed by atoms with Gasteiger partial charge in [0.05, 0.1) is 5.69 Å². The third-order valence-corrected chi connectivity index (χ3v) is 3.32. The molecule has 2 rings (SSSR count). The Balaban J connectivity index is 2.44. The van der Waals surface area contributed by atoms with Crippen LogP contribution in [0.5, 0.6) is 0 Å². The van der Waals surface area contributed by atoms with Crippen LogP contribution in [0.2, 0.25) is 0 Å². The standard InChI is InChI=1S/C11H8F3NOS/c1-15(10(16)11(12,13)14)8-6-17-9-5-3-2-4-7(8)9/h2-6H,1H3. The van der Waals surface area contributed by atoms with E-state index in [1.165, 1.54) is 11.3 Å². The van der Waals surface area contributed by atoms with Gasteiger partial charge < -0.3 is 4.90 Å². The number of rotatable bonds is 1. The number of hydrogen-bond donors (Lipinski definition) is 0. The van der Waals surface area contributed by atoms with Crippen molar-refractivity contribution in [2.75, 3.05) is 11.9 Å². The third kappa shape index (κ3) is 2.12.